The summed E-state index contributed by atoms with van der Waals surface area (Å²) in [5.74, 6) is 0.847. The molecule has 4 nitrogen and oxygen atoms in total. The fourth-order valence-electron chi connectivity index (χ4n) is 1.51. The van der Waals surface area contributed by atoms with Crippen LogP contribution in [0.4, 0.5) is 5.82 Å². The zero-order valence-corrected chi connectivity index (χ0v) is 11.1. The second kappa shape index (κ2) is 6.80. The Morgan fingerprint density at radius 2 is 2.00 bits per heavy atom. The molecule has 19 heavy (non-hydrogen) atoms. The van der Waals surface area contributed by atoms with Gasteiger partial charge in [0.25, 0.3) is 0 Å². The number of thiol groups is 1. The zero-order chi connectivity index (χ0) is 13.5. The molecule has 0 radical (unpaired) electrons. The third kappa shape index (κ3) is 3.99. The summed E-state index contributed by atoms with van der Waals surface area (Å²) in [6.07, 6.45) is 1.60. The first-order valence-corrected chi connectivity index (χ1v) is 6.45. The number of hydrogen-bond donors (Lipinski definition) is 2. The molecule has 0 aliphatic heterocycles. The van der Waals surface area contributed by atoms with Gasteiger partial charge in [0.15, 0.2) is 11.6 Å². The molecule has 2 aromatic rings. The molecule has 0 aliphatic carbocycles. The standard InChI is InChI=1S/C14H14N2O2S/c17-13(10-19)16-14-12(7-4-8-15-14)18-9-11-5-2-1-3-6-11/h1-8,19H,9-10H2,(H,15,16,17). The molecule has 2 rings (SSSR count). The Morgan fingerprint density at radius 3 is 2.74 bits per heavy atom. The first-order chi connectivity index (χ1) is 9.29. The molecule has 1 amide bonds. The van der Waals surface area contributed by atoms with Crippen LogP contribution in [-0.4, -0.2) is 16.6 Å². The van der Waals surface area contributed by atoms with E-state index in [0.717, 1.165) is 5.56 Å². The Labute approximate surface area is 117 Å². The largest absolute Gasteiger partial charge is 0.485 e. The van der Waals surface area contributed by atoms with Crippen molar-refractivity contribution in [2.75, 3.05) is 11.1 Å². The van der Waals surface area contributed by atoms with Gasteiger partial charge in [-0.2, -0.15) is 12.6 Å². The molecule has 0 fully saturated rings. The van der Waals surface area contributed by atoms with Crippen molar-refractivity contribution >= 4 is 24.4 Å². The lowest BCUT2D eigenvalue weighted by Crippen LogP contribution is -2.14. The molecule has 1 aromatic carbocycles. The van der Waals surface area contributed by atoms with E-state index < -0.39 is 0 Å². The molecule has 1 N–H and O–H groups in total. The van der Waals surface area contributed by atoms with Gasteiger partial charge in [-0.15, -0.1) is 0 Å². The molecule has 0 saturated carbocycles. The van der Waals surface area contributed by atoms with Crippen LogP contribution in [0, 0.1) is 0 Å². The predicted octanol–water partition coefficient (Wildman–Crippen LogP) is 2.53. The third-order valence-corrected chi connectivity index (χ3v) is 2.70. The van der Waals surface area contributed by atoms with Crippen molar-refractivity contribution in [3.8, 4) is 5.75 Å². The van der Waals surface area contributed by atoms with Crippen LogP contribution in [0.15, 0.2) is 48.7 Å². The highest BCUT2D eigenvalue weighted by atomic mass is 32.1. The Hall–Kier alpha value is -2.01. The summed E-state index contributed by atoms with van der Waals surface area (Å²) in [7, 11) is 0. The summed E-state index contributed by atoms with van der Waals surface area (Å²) >= 11 is 3.91. The van der Waals surface area contributed by atoms with Gasteiger partial charge >= 0.3 is 0 Å². The van der Waals surface area contributed by atoms with E-state index >= 15 is 0 Å². The molecule has 0 unspecified atom stereocenters. The van der Waals surface area contributed by atoms with Crippen molar-refractivity contribution in [1.29, 1.82) is 0 Å². The number of amides is 1. The number of carbonyl (C=O) groups excluding carboxylic acids is 1. The van der Waals surface area contributed by atoms with Crippen LogP contribution in [0.3, 0.4) is 0 Å². The second-order valence-corrected chi connectivity index (χ2v) is 4.15. The van der Waals surface area contributed by atoms with Crippen LogP contribution in [0.25, 0.3) is 0 Å². The lowest BCUT2D eigenvalue weighted by atomic mass is 10.2. The number of benzene rings is 1. The van der Waals surface area contributed by atoms with Gasteiger partial charge in [-0.05, 0) is 17.7 Å². The first kappa shape index (κ1) is 13.4. The highest BCUT2D eigenvalue weighted by Gasteiger charge is 2.07. The fourth-order valence-corrected chi connectivity index (χ4v) is 1.59. The normalized spacial score (nSPS) is 9.95. The van der Waals surface area contributed by atoms with Crippen LogP contribution in [0.1, 0.15) is 5.56 Å². The van der Waals surface area contributed by atoms with Gasteiger partial charge in [0, 0.05) is 6.20 Å². The van der Waals surface area contributed by atoms with Gasteiger partial charge < -0.3 is 10.1 Å². The number of aromatic nitrogens is 1. The van der Waals surface area contributed by atoms with Gasteiger partial charge in [0.2, 0.25) is 5.91 Å². The van der Waals surface area contributed by atoms with Gasteiger partial charge in [-0.3, -0.25) is 4.79 Å². The van der Waals surface area contributed by atoms with Crippen molar-refractivity contribution in [3.05, 3.63) is 54.2 Å². The maximum atomic E-state index is 11.3. The molecular weight excluding hydrogens is 260 g/mol. The Bertz CT molecular complexity index is 546. The van der Waals surface area contributed by atoms with E-state index in [1.807, 2.05) is 30.3 Å². The number of carbonyl (C=O) groups is 1. The monoisotopic (exact) mass is 274 g/mol. The van der Waals surface area contributed by atoms with E-state index in [2.05, 4.69) is 22.9 Å². The summed E-state index contributed by atoms with van der Waals surface area (Å²) in [4.78, 5) is 15.4. The zero-order valence-electron chi connectivity index (χ0n) is 10.2. The van der Waals surface area contributed by atoms with E-state index in [-0.39, 0.29) is 11.7 Å². The van der Waals surface area contributed by atoms with Crippen molar-refractivity contribution in [2.45, 2.75) is 6.61 Å². The van der Waals surface area contributed by atoms with Gasteiger partial charge in [0.1, 0.15) is 6.61 Å². The molecular formula is C14H14N2O2S. The number of anilines is 1. The number of nitrogens with zero attached hydrogens (tertiary/aromatic N) is 1. The number of pyridine rings is 1. The number of nitrogens with one attached hydrogen (secondary N) is 1. The molecule has 0 atom stereocenters. The van der Waals surface area contributed by atoms with Gasteiger partial charge in [-0.1, -0.05) is 30.3 Å². The van der Waals surface area contributed by atoms with E-state index in [9.17, 15) is 4.79 Å². The third-order valence-electron chi connectivity index (χ3n) is 2.41. The number of rotatable bonds is 5. The fraction of sp³-hybridized carbons (Fsp3) is 0.143. The lowest BCUT2D eigenvalue weighted by molar-refractivity contribution is -0.113. The summed E-state index contributed by atoms with van der Waals surface area (Å²) < 4.78 is 5.67. The molecule has 0 spiro atoms. The van der Waals surface area contributed by atoms with E-state index in [1.165, 1.54) is 0 Å². The SMILES string of the molecule is O=C(CS)Nc1ncccc1OCc1ccccc1. The molecule has 5 heteroatoms. The lowest BCUT2D eigenvalue weighted by Gasteiger charge is -2.10. The van der Waals surface area contributed by atoms with E-state index in [4.69, 9.17) is 4.74 Å². The smallest absolute Gasteiger partial charge is 0.235 e. The van der Waals surface area contributed by atoms with Crippen molar-refractivity contribution in [1.82, 2.24) is 4.98 Å². The molecule has 0 aliphatic rings. The van der Waals surface area contributed by atoms with Crippen LogP contribution >= 0.6 is 12.6 Å². The summed E-state index contributed by atoms with van der Waals surface area (Å²) in [6.45, 7) is 0.427. The van der Waals surface area contributed by atoms with Crippen LogP contribution in [-0.2, 0) is 11.4 Å². The minimum absolute atomic E-state index is 0.106. The van der Waals surface area contributed by atoms with E-state index in [1.54, 1.807) is 18.3 Å². The highest BCUT2D eigenvalue weighted by Crippen LogP contribution is 2.22. The van der Waals surface area contributed by atoms with Crippen LogP contribution in [0.2, 0.25) is 0 Å². The van der Waals surface area contributed by atoms with Crippen molar-refractivity contribution < 1.29 is 9.53 Å². The van der Waals surface area contributed by atoms with Crippen LogP contribution in [0.5, 0.6) is 5.75 Å². The van der Waals surface area contributed by atoms with Gasteiger partial charge in [-0.25, -0.2) is 4.98 Å². The Balaban J connectivity index is 2.05. The Kier molecular flexibility index (Phi) is 4.80. The molecule has 0 bridgehead atoms. The molecule has 1 aromatic heterocycles. The maximum Gasteiger partial charge on any atom is 0.235 e. The molecule has 0 saturated heterocycles. The summed E-state index contributed by atoms with van der Waals surface area (Å²) in [6, 6.07) is 13.3. The maximum absolute atomic E-state index is 11.3. The molecule has 98 valence electrons. The Morgan fingerprint density at radius 1 is 1.21 bits per heavy atom. The minimum atomic E-state index is -0.216. The topological polar surface area (TPSA) is 51.2 Å². The average molecular weight is 274 g/mol. The second-order valence-electron chi connectivity index (χ2n) is 3.83. The summed E-state index contributed by atoms with van der Waals surface area (Å²) in [5, 5.41) is 2.65. The minimum Gasteiger partial charge on any atom is -0.485 e. The number of ether oxygens (including phenoxy) is 1. The highest BCUT2D eigenvalue weighted by molar-refractivity contribution is 7.81. The average Bonchev–Trinajstić information content (AvgIpc) is 2.47. The summed E-state index contributed by atoms with van der Waals surface area (Å²) in [5.41, 5.74) is 1.05. The van der Waals surface area contributed by atoms with Gasteiger partial charge in [0.05, 0.1) is 5.75 Å². The first-order valence-electron chi connectivity index (χ1n) is 5.82. The van der Waals surface area contributed by atoms with E-state index in [0.29, 0.717) is 18.2 Å². The van der Waals surface area contributed by atoms with Crippen molar-refractivity contribution in [3.63, 3.8) is 0 Å². The number of hydrogen-bond acceptors (Lipinski definition) is 4. The molecule has 1 heterocycles. The van der Waals surface area contributed by atoms with Crippen molar-refractivity contribution in [2.24, 2.45) is 0 Å². The predicted molar refractivity (Wildman–Crippen MR) is 77.5 cm³/mol. The van der Waals surface area contributed by atoms with Crippen LogP contribution < -0.4 is 10.1 Å². The quantitative estimate of drug-likeness (QED) is 0.824.